The van der Waals surface area contributed by atoms with Crippen LogP contribution in [-0.4, -0.2) is 61.3 Å². The molecular formula is C26H27IN5O4S-. The van der Waals surface area contributed by atoms with Gasteiger partial charge in [-0.15, -0.1) is 0 Å². The summed E-state index contributed by atoms with van der Waals surface area (Å²) in [6.45, 7) is 2.68. The molecule has 0 aliphatic heterocycles. The van der Waals surface area contributed by atoms with E-state index in [1.165, 1.54) is 19.8 Å². The molecule has 4 aromatic rings. The summed E-state index contributed by atoms with van der Waals surface area (Å²) < 4.78 is 13.9. The van der Waals surface area contributed by atoms with Gasteiger partial charge in [-0.2, -0.15) is 0 Å². The van der Waals surface area contributed by atoms with Crippen molar-refractivity contribution in [3.8, 4) is 5.75 Å². The maximum absolute atomic E-state index is 12.7. The van der Waals surface area contributed by atoms with Crippen molar-refractivity contribution in [3.63, 3.8) is 0 Å². The van der Waals surface area contributed by atoms with Crippen LogP contribution in [0.2, 0.25) is 0 Å². The molecule has 0 aliphatic rings. The molecule has 2 heterocycles. The van der Waals surface area contributed by atoms with Gasteiger partial charge in [0.2, 0.25) is 0 Å². The maximum atomic E-state index is 12.7. The van der Waals surface area contributed by atoms with Crippen LogP contribution in [-0.2, 0) is 4.74 Å². The minimum absolute atomic E-state index is 0.0809. The molecule has 11 heteroatoms. The number of aromatic nitrogens is 2. The van der Waals surface area contributed by atoms with E-state index < -0.39 is 21.2 Å². The Balaban J connectivity index is 1.36. The van der Waals surface area contributed by atoms with E-state index in [-0.39, 0.29) is 18.7 Å². The van der Waals surface area contributed by atoms with E-state index in [1.807, 2.05) is 55.5 Å². The zero-order chi connectivity index (χ0) is 26.4. The Kier molecular flexibility index (Phi) is 8.90. The molecule has 194 valence electrons. The first-order valence-corrected chi connectivity index (χ1v) is 14.4. The summed E-state index contributed by atoms with van der Waals surface area (Å²) >= 11 is 0.895. The molecule has 37 heavy (non-hydrogen) atoms. The summed E-state index contributed by atoms with van der Waals surface area (Å²) in [6.07, 6.45) is 1.75. The molecule has 0 atom stereocenters. The number of halogens is 1. The van der Waals surface area contributed by atoms with E-state index in [0.717, 1.165) is 19.5 Å². The number of urea groups is 1. The summed E-state index contributed by atoms with van der Waals surface area (Å²) in [4.78, 5) is 36.9. The van der Waals surface area contributed by atoms with Crippen LogP contribution in [0.1, 0.15) is 17.4 Å². The van der Waals surface area contributed by atoms with Gasteiger partial charge in [-0.25, -0.2) is 0 Å². The van der Waals surface area contributed by atoms with E-state index >= 15 is 0 Å². The van der Waals surface area contributed by atoms with Crippen molar-refractivity contribution in [1.82, 2.24) is 14.9 Å². The molecule has 2 aromatic carbocycles. The monoisotopic (exact) mass is 632 g/mol. The molecule has 2 aromatic heterocycles. The Morgan fingerprint density at radius 3 is 2.46 bits per heavy atom. The van der Waals surface area contributed by atoms with Crippen molar-refractivity contribution >= 4 is 44.3 Å². The summed E-state index contributed by atoms with van der Waals surface area (Å²) in [7, 11) is 5.21. The first-order valence-electron chi connectivity index (χ1n) is 11.4. The number of anilines is 2. The third kappa shape index (κ3) is 6.93. The van der Waals surface area contributed by atoms with Gasteiger partial charge in [-0.3, -0.25) is 0 Å². The average molecular weight is 633 g/mol. The van der Waals surface area contributed by atoms with Crippen molar-refractivity contribution in [2.45, 2.75) is 6.92 Å². The van der Waals surface area contributed by atoms with Crippen molar-refractivity contribution in [3.05, 3.63) is 73.6 Å². The van der Waals surface area contributed by atoms with Gasteiger partial charge in [-0.1, -0.05) is 0 Å². The fourth-order valence-corrected chi connectivity index (χ4v) is 6.20. The first-order chi connectivity index (χ1) is 17.8. The number of pyridine rings is 1. The number of benzene rings is 2. The standard InChI is InChI=1S/C26H27IN5O4S/c1-5-35-16-36-20-11-13-21-23(14-20)37-25(29-21)30-24(33)22-12-8-18(15-28-22)27-17-6-9-19(10-7-17)32(4)26(34)31(2)3/h6-15H,5,16H2,1-4H3,(H,29,30,33)/q-1. The van der Waals surface area contributed by atoms with Crippen molar-refractivity contribution in [2.24, 2.45) is 0 Å². The molecule has 0 saturated heterocycles. The van der Waals surface area contributed by atoms with Gasteiger partial charge in [0.15, 0.2) is 6.79 Å². The summed E-state index contributed by atoms with van der Waals surface area (Å²) in [5.74, 6) is 0.376. The molecular weight excluding hydrogens is 605 g/mol. The Morgan fingerprint density at radius 1 is 1.03 bits per heavy atom. The summed E-state index contributed by atoms with van der Waals surface area (Å²) in [6, 6.07) is 17.1. The van der Waals surface area contributed by atoms with Crippen LogP contribution in [0.3, 0.4) is 0 Å². The van der Waals surface area contributed by atoms with Crippen LogP contribution >= 0.6 is 11.3 Å². The number of nitrogens with one attached hydrogen (secondary N) is 1. The molecule has 3 amide bonds. The van der Waals surface area contributed by atoms with Gasteiger partial charge in [0.25, 0.3) is 0 Å². The van der Waals surface area contributed by atoms with Crippen molar-refractivity contribution in [2.75, 3.05) is 44.8 Å². The number of rotatable bonds is 9. The number of ether oxygens (including phenoxy) is 2. The summed E-state index contributed by atoms with van der Waals surface area (Å²) in [5.41, 5.74) is 1.94. The van der Waals surface area contributed by atoms with Gasteiger partial charge >= 0.3 is 205 Å². The Labute approximate surface area is 229 Å². The molecule has 0 saturated carbocycles. The van der Waals surface area contributed by atoms with E-state index in [2.05, 4.69) is 15.3 Å². The SMILES string of the molecule is CCOCOc1ccc2nc(NC(=O)c3ccc([I-]c4ccc(N(C)C(=O)N(C)C)cc4)cn3)sc2c1. The Bertz CT molecular complexity index is 1380. The number of hydrogen-bond acceptors (Lipinski definition) is 7. The third-order valence-corrected chi connectivity index (χ3v) is 8.69. The molecule has 0 fully saturated rings. The molecule has 1 N–H and O–H groups in total. The van der Waals surface area contributed by atoms with E-state index in [4.69, 9.17) is 9.47 Å². The van der Waals surface area contributed by atoms with Crippen LogP contribution < -0.4 is 36.2 Å². The number of hydrogen-bond donors (Lipinski definition) is 1. The van der Waals surface area contributed by atoms with E-state index in [0.29, 0.717) is 23.2 Å². The second-order valence-corrected chi connectivity index (χ2v) is 12.1. The fraction of sp³-hybridized carbons (Fsp3) is 0.231. The number of carbonyl (C=O) groups is 2. The van der Waals surface area contributed by atoms with E-state index in [9.17, 15) is 9.59 Å². The topological polar surface area (TPSA) is 96.9 Å². The zero-order valence-electron chi connectivity index (χ0n) is 20.9. The van der Waals surface area contributed by atoms with Crippen molar-refractivity contribution < 1.29 is 40.3 Å². The normalized spacial score (nSPS) is 10.9. The number of thiazole rings is 1. The number of fused-ring (bicyclic) bond motifs is 1. The molecule has 0 unspecified atom stereocenters. The van der Waals surface area contributed by atoms with Crippen LogP contribution in [0.4, 0.5) is 15.6 Å². The molecule has 0 spiro atoms. The Hall–Kier alpha value is -3.29. The predicted octanol–water partition coefficient (Wildman–Crippen LogP) is 1.56. The van der Waals surface area contributed by atoms with Gasteiger partial charge in [0.1, 0.15) is 0 Å². The van der Waals surface area contributed by atoms with Crippen LogP contribution in [0.5, 0.6) is 5.75 Å². The van der Waals surface area contributed by atoms with Crippen LogP contribution in [0.25, 0.3) is 10.2 Å². The molecule has 0 radical (unpaired) electrons. The average Bonchev–Trinajstić information content (AvgIpc) is 3.30. The first kappa shape index (κ1) is 26.8. The van der Waals surface area contributed by atoms with Gasteiger partial charge < -0.3 is 4.74 Å². The number of nitrogens with zero attached hydrogens (tertiary/aromatic N) is 4. The van der Waals surface area contributed by atoms with Crippen LogP contribution in [0.15, 0.2) is 60.8 Å². The molecule has 9 nitrogen and oxygen atoms in total. The quantitative estimate of drug-likeness (QED) is 0.171. The Morgan fingerprint density at radius 2 is 1.78 bits per heavy atom. The van der Waals surface area contributed by atoms with Crippen molar-refractivity contribution in [1.29, 1.82) is 0 Å². The number of carbonyl (C=O) groups excluding carboxylic acids is 2. The van der Waals surface area contributed by atoms with Gasteiger partial charge in [0.05, 0.1) is 0 Å². The summed E-state index contributed by atoms with van der Waals surface area (Å²) in [5, 5.41) is 3.33. The molecule has 4 rings (SSSR count). The van der Waals surface area contributed by atoms with Gasteiger partial charge in [0, 0.05) is 6.61 Å². The number of amides is 3. The third-order valence-electron chi connectivity index (χ3n) is 5.16. The predicted molar refractivity (Wildman–Crippen MR) is 140 cm³/mol. The van der Waals surface area contributed by atoms with Crippen LogP contribution in [0, 0.1) is 7.14 Å². The second kappa shape index (κ2) is 12.3. The minimum atomic E-state index is -0.477. The molecule has 0 bridgehead atoms. The zero-order valence-corrected chi connectivity index (χ0v) is 23.9. The molecule has 0 aliphatic carbocycles. The fourth-order valence-electron chi connectivity index (χ4n) is 3.23. The second-order valence-electron chi connectivity index (χ2n) is 8.03. The van der Waals surface area contributed by atoms with Gasteiger partial charge in [-0.05, 0) is 6.92 Å². The van der Waals surface area contributed by atoms with E-state index in [1.54, 1.807) is 38.3 Å².